The van der Waals surface area contributed by atoms with Gasteiger partial charge in [0.15, 0.2) is 0 Å². The molecular weight excluding hydrogens is 220 g/mol. The van der Waals surface area contributed by atoms with E-state index in [-0.39, 0.29) is 5.91 Å². The lowest BCUT2D eigenvalue weighted by molar-refractivity contribution is -0.122. The van der Waals surface area contributed by atoms with E-state index in [0.29, 0.717) is 18.9 Å². The van der Waals surface area contributed by atoms with Gasteiger partial charge in [0.25, 0.3) is 0 Å². The van der Waals surface area contributed by atoms with Crippen LogP contribution >= 0.6 is 11.3 Å². The van der Waals surface area contributed by atoms with Crippen LogP contribution in [0.5, 0.6) is 0 Å². The predicted octanol–water partition coefficient (Wildman–Crippen LogP) is 1.67. The summed E-state index contributed by atoms with van der Waals surface area (Å²) in [5.41, 5.74) is 1.27. The normalized spacial score (nSPS) is 19.9. The second kappa shape index (κ2) is 5.46. The largest absolute Gasteiger partial charge is 0.351 e. The third-order valence-corrected chi connectivity index (χ3v) is 4.07. The van der Waals surface area contributed by atoms with Gasteiger partial charge in [-0.2, -0.15) is 0 Å². The average Bonchev–Trinajstić information content (AvgIpc) is 2.87. The lowest BCUT2D eigenvalue weighted by Crippen LogP contribution is -2.25. The number of amides is 1. The van der Waals surface area contributed by atoms with Crippen molar-refractivity contribution in [3.8, 4) is 0 Å². The van der Waals surface area contributed by atoms with Crippen LogP contribution in [0.2, 0.25) is 0 Å². The molecule has 1 atom stereocenters. The molecule has 2 rings (SSSR count). The summed E-state index contributed by atoms with van der Waals surface area (Å²) in [4.78, 5) is 12.9. The van der Waals surface area contributed by atoms with Crippen molar-refractivity contribution >= 4 is 17.2 Å². The van der Waals surface area contributed by atoms with Crippen molar-refractivity contribution in [2.24, 2.45) is 5.92 Å². The molecule has 3 nitrogen and oxygen atoms in total. The minimum Gasteiger partial charge on any atom is -0.351 e. The molecule has 1 fully saturated rings. The highest BCUT2D eigenvalue weighted by atomic mass is 32.1. The van der Waals surface area contributed by atoms with Crippen molar-refractivity contribution in [2.75, 3.05) is 13.1 Å². The van der Waals surface area contributed by atoms with Gasteiger partial charge in [0, 0.05) is 11.3 Å². The molecular formula is C12H18N2OS. The molecule has 0 bridgehead atoms. The van der Waals surface area contributed by atoms with Gasteiger partial charge in [-0.1, -0.05) is 0 Å². The number of carbonyl (C=O) groups excluding carboxylic acids is 1. The van der Waals surface area contributed by atoms with Crippen LogP contribution in [0.4, 0.5) is 0 Å². The summed E-state index contributed by atoms with van der Waals surface area (Å²) < 4.78 is 0. The molecule has 0 aliphatic carbocycles. The van der Waals surface area contributed by atoms with E-state index in [2.05, 4.69) is 29.0 Å². The summed E-state index contributed by atoms with van der Waals surface area (Å²) in [6, 6.07) is 2.09. The smallest absolute Gasteiger partial charge is 0.220 e. The van der Waals surface area contributed by atoms with Gasteiger partial charge in [0.1, 0.15) is 0 Å². The number of rotatable bonds is 4. The predicted molar refractivity (Wildman–Crippen MR) is 66.5 cm³/mol. The Kier molecular flexibility index (Phi) is 3.96. The maximum absolute atomic E-state index is 11.7. The minimum atomic E-state index is 0.182. The van der Waals surface area contributed by atoms with Crippen LogP contribution in [-0.4, -0.2) is 19.0 Å². The Bertz CT molecular complexity index is 356. The Morgan fingerprint density at radius 1 is 1.69 bits per heavy atom. The summed E-state index contributed by atoms with van der Waals surface area (Å²) in [5.74, 6) is 0.714. The first kappa shape index (κ1) is 11.6. The monoisotopic (exact) mass is 238 g/mol. The lowest BCUT2D eigenvalue weighted by Gasteiger charge is -2.08. The van der Waals surface area contributed by atoms with Crippen LogP contribution in [0, 0.1) is 12.8 Å². The third kappa shape index (κ3) is 3.06. The Labute approximate surface area is 100 Å². The number of hydrogen-bond donors (Lipinski definition) is 2. The topological polar surface area (TPSA) is 41.1 Å². The van der Waals surface area contributed by atoms with E-state index in [1.54, 1.807) is 11.3 Å². The van der Waals surface area contributed by atoms with Crippen LogP contribution in [0.15, 0.2) is 11.4 Å². The average molecular weight is 238 g/mol. The van der Waals surface area contributed by atoms with Crippen LogP contribution in [-0.2, 0) is 11.3 Å². The second-order valence-electron chi connectivity index (χ2n) is 4.37. The standard InChI is InChI=1S/C12H18N2OS/c1-9-3-5-16-11(9)8-14-12(15)6-10-2-4-13-7-10/h3,5,10,13H,2,4,6-8H2,1H3,(H,14,15). The zero-order valence-electron chi connectivity index (χ0n) is 9.58. The maximum Gasteiger partial charge on any atom is 0.220 e. The first-order valence-electron chi connectivity index (χ1n) is 5.76. The Morgan fingerprint density at radius 2 is 2.56 bits per heavy atom. The van der Waals surface area contributed by atoms with Gasteiger partial charge in [-0.25, -0.2) is 0 Å². The number of aryl methyl sites for hydroxylation is 1. The van der Waals surface area contributed by atoms with Crippen LogP contribution in [0.1, 0.15) is 23.3 Å². The molecule has 1 aliphatic heterocycles. The molecule has 2 heterocycles. The number of carbonyl (C=O) groups is 1. The zero-order chi connectivity index (χ0) is 11.4. The molecule has 0 radical (unpaired) electrons. The van der Waals surface area contributed by atoms with E-state index in [0.717, 1.165) is 19.5 Å². The summed E-state index contributed by atoms with van der Waals surface area (Å²) in [7, 11) is 0. The summed E-state index contributed by atoms with van der Waals surface area (Å²) in [6.07, 6.45) is 1.79. The summed E-state index contributed by atoms with van der Waals surface area (Å²) >= 11 is 1.71. The van der Waals surface area contributed by atoms with Crippen molar-refractivity contribution in [3.05, 3.63) is 21.9 Å². The molecule has 88 valence electrons. The highest BCUT2D eigenvalue weighted by Crippen LogP contribution is 2.15. The van der Waals surface area contributed by atoms with E-state index in [9.17, 15) is 4.79 Å². The summed E-state index contributed by atoms with van der Waals surface area (Å²) in [5, 5.41) is 8.34. The van der Waals surface area contributed by atoms with Gasteiger partial charge in [0.05, 0.1) is 6.54 Å². The van der Waals surface area contributed by atoms with E-state index >= 15 is 0 Å². The number of nitrogens with one attached hydrogen (secondary N) is 2. The quantitative estimate of drug-likeness (QED) is 0.838. The van der Waals surface area contributed by atoms with E-state index in [4.69, 9.17) is 0 Å². The van der Waals surface area contributed by atoms with Gasteiger partial charge < -0.3 is 10.6 Å². The number of hydrogen-bond acceptors (Lipinski definition) is 3. The van der Waals surface area contributed by atoms with Crippen molar-refractivity contribution in [2.45, 2.75) is 26.3 Å². The molecule has 1 aromatic rings. The molecule has 2 N–H and O–H groups in total. The molecule has 0 saturated carbocycles. The van der Waals surface area contributed by atoms with Gasteiger partial charge in [0.2, 0.25) is 5.91 Å². The van der Waals surface area contributed by atoms with Crippen LogP contribution in [0.3, 0.4) is 0 Å². The Hall–Kier alpha value is -0.870. The fourth-order valence-electron chi connectivity index (χ4n) is 1.99. The molecule has 1 amide bonds. The molecule has 1 aromatic heterocycles. The molecule has 1 unspecified atom stereocenters. The number of thiophene rings is 1. The van der Waals surface area contributed by atoms with Gasteiger partial charge >= 0.3 is 0 Å². The Balaban J connectivity index is 1.73. The fourth-order valence-corrected chi connectivity index (χ4v) is 2.83. The van der Waals surface area contributed by atoms with Crippen molar-refractivity contribution < 1.29 is 4.79 Å². The van der Waals surface area contributed by atoms with Gasteiger partial charge in [-0.3, -0.25) is 4.79 Å². The second-order valence-corrected chi connectivity index (χ2v) is 5.37. The minimum absolute atomic E-state index is 0.182. The molecule has 16 heavy (non-hydrogen) atoms. The van der Waals surface area contributed by atoms with Gasteiger partial charge in [-0.05, 0) is 49.4 Å². The highest BCUT2D eigenvalue weighted by molar-refractivity contribution is 7.10. The molecule has 0 aromatic carbocycles. The first-order chi connectivity index (χ1) is 7.75. The van der Waals surface area contributed by atoms with Crippen LogP contribution in [0.25, 0.3) is 0 Å². The first-order valence-corrected chi connectivity index (χ1v) is 6.64. The van der Waals surface area contributed by atoms with E-state index in [1.165, 1.54) is 10.4 Å². The van der Waals surface area contributed by atoms with E-state index in [1.807, 2.05) is 0 Å². The van der Waals surface area contributed by atoms with Crippen molar-refractivity contribution in [1.82, 2.24) is 10.6 Å². The molecule has 1 saturated heterocycles. The highest BCUT2D eigenvalue weighted by Gasteiger charge is 2.17. The van der Waals surface area contributed by atoms with Crippen molar-refractivity contribution in [3.63, 3.8) is 0 Å². The van der Waals surface area contributed by atoms with Gasteiger partial charge in [-0.15, -0.1) is 11.3 Å². The zero-order valence-corrected chi connectivity index (χ0v) is 10.4. The third-order valence-electron chi connectivity index (χ3n) is 3.05. The lowest BCUT2D eigenvalue weighted by atomic mass is 10.0. The van der Waals surface area contributed by atoms with Crippen molar-refractivity contribution in [1.29, 1.82) is 0 Å². The summed E-state index contributed by atoms with van der Waals surface area (Å²) in [6.45, 7) is 4.81. The Morgan fingerprint density at radius 3 is 3.19 bits per heavy atom. The maximum atomic E-state index is 11.7. The molecule has 4 heteroatoms. The fraction of sp³-hybridized carbons (Fsp3) is 0.583. The van der Waals surface area contributed by atoms with Crippen LogP contribution < -0.4 is 10.6 Å². The SMILES string of the molecule is Cc1ccsc1CNC(=O)CC1CCNC1. The molecule has 0 spiro atoms. The molecule has 1 aliphatic rings. The van der Waals surface area contributed by atoms with E-state index < -0.39 is 0 Å².